The van der Waals surface area contributed by atoms with Gasteiger partial charge in [-0.05, 0) is 12.0 Å². The lowest BCUT2D eigenvalue weighted by molar-refractivity contribution is -0.138. The number of rotatable bonds is 27. The van der Waals surface area contributed by atoms with E-state index in [1.165, 1.54) is 0 Å². The van der Waals surface area contributed by atoms with Crippen molar-refractivity contribution in [3.8, 4) is 0 Å². The Labute approximate surface area is 219 Å². The van der Waals surface area contributed by atoms with E-state index in [1.807, 2.05) is 30.3 Å². The van der Waals surface area contributed by atoms with Crippen LogP contribution in [-0.2, 0) is 49.4 Å². The number of ether oxygens (including phenoxy) is 7. The fourth-order valence-corrected chi connectivity index (χ4v) is 2.79. The Bertz CT molecular complexity index is 662. The van der Waals surface area contributed by atoms with E-state index in [2.05, 4.69) is 5.32 Å². The van der Waals surface area contributed by atoms with Crippen LogP contribution in [0.5, 0.6) is 0 Å². The molecule has 1 amide bonds. The van der Waals surface area contributed by atoms with Gasteiger partial charge in [-0.2, -0.15) is 0 Å². The van der Waals surface area contributed by atoms with Crippen molar-refractivity contribution in [2.45, 2.75) is 25.9 Å². The monoisotopic (exact) mass is 529 g/mol. The predicted octanol–water partition coefficient (Wildman–Crippen LogP) is 1.67. The summed E-state index contributed by atoms with van der Waals surface area (Å²) in [6.07, 6.45) is 0.497. The zero-order valence-electron chi connectivity index (χ0n) is 21.7. The van der Waals surface area contributed by atoms with Gasteiger partial charge in [0.1, 0.15) is 0 Å². The molecule has 1 aromatic rings. The van der Waals surface area contributed by atoms with Gasteiger partial charge in [0, 0.05) is 19.6 Å². The average molecular weight is 530 g/mol. The Morgan fingerprint density at radius 2 is 1.03 bits per heavy atom. The van der Waals surface area contributed by atoms with Crippen molar-refractivity contribution in [1.29, 1.82) is 0 Å². The molecule has 0 radical (unpaired) electrons. The summed E-state index contributed by atoms with van der Waals surface area (Å²) in [4.78, 5) is 21.7. The SMILES string of the molecule is O=C(O)CCC(=O)NCCCOCCOCCOCCOCCOCCOCCOCc1ccccc1. The fraction of sp³-hybridized carbons (Fsp3) is 0.692. The molecule has 0 aliphatic heterocycles. The minimum atomic E-state index is -0.978. The van der Waals surface area contributed by atoms with E-state index in [-0.39, 0.29) is 18.7 Å². The highest BCUT2D eigenvalue weighted by atomic mass is 16.6. The summed E-state index contributed by atoms with van der Waals surface area (Å²) < 4.78 is 38.1. The molecule has 0 unspecified atom stereocenters. The molecule has 0 aliphatic carbocycles. The molecule has 212 valence electrons. The summed E-state index contributed by atoms with van der Waals surface area (Å²) in [6.45, 7) is 7.57. The molecule has 0 heterocycles. The molecular weight excluding hydrogens is 486 g/mol. The zero-order chi connectivity index (χ0) is 26.7. The maximum Gasteiger partial charge on any atom is 0.303 e. The first-order chi connectivity index (χ1) is 18.2. The van der Waals surface area contributed by atoms with Crippen LogP contribution in [0.4, 0.5) is 0 Å². The molecule has 2 N–H and O–H groups in total. The molecule has 0 spiro atoms. The summed E-state index contributed by atoms with van der Waals surface area (Å²) >= 11 is 0. The first kappa shape index (κ1) is 32.9. The Morgan fingerprint density at radius 3 is 1.49 bits per heavy atom. The third kappa shape index (κ3) is 24.0. The molecule has 1 aromatic carbocycles. The molecule has 0 aliphatic rings. The number of hydrogen-bond acceptors (Lipinski definition) is 9. The van der Waals surface area contributed by atoms with Crippen molar-refractivity contribution >= 4 is 11.9 Å². The van der Waals surface area contributed by atoms with Crippen LogP contribution in [0.25, 0.3) is 0 Å². The first-order valence-corrected chi connectivity index (χ1v) is 12.7. The quantitative estimate of drug-likeness (QED) is 0.162. The number of nitrogens with one attached hydrogen (secondary N) is 1. The van der Waals surface area contributed by atoms with E-state index in [0.717, 1.165) is 5.56 Å². The van der Waals surface area contributed by atoms with Gasteiger partial charge in [-0.25, -0.2) is 0 Å². The van der Waals surface area contributed by atoms with Crippen molar-refractivity contribution in [1.82, 2.24) is 5.32 Å². The predicted molar refractivity (Wildman–Crippen MR) is 136 cm³/mol. The number of hydrogen-bond donors (Lipinski definition) is 2. The third-order valence-electron chi connectivity index (χ3n) is 4.70. The highest BCUT2D eigenvalue weighted by Gasteiger charge is 2.04. The van der Waals surface area contributed by atoms with Gasteiger partial charge in [-0.3, -0.25) is 9.59 Å². The number of amides is 1. The van der Waals surface area contributed by atoms with Crippen LogP contribution in [0.1, 0.15) is 24.8 Å². The largest absolute Gasteiger partial charge is 0.481 e. The van der Waals surface area contributed by atoms with Gasteiger partial charge in [0.05, 0.1) is 92.3 Å². The lowest BCUT2D eigenvalue weighted by atomic mass is 10.2. The maximum absolute atomic E-state index is 11.3. The molecule has 0 bridgehead atoms. The highest BCUT2D eigenvalue weighted by Crippen LogP contribution is 2.00. The number of benzene rings is 1. The number of aliphatic carboxylic acids is 1. The van der Waals surface area contributed by atoms with Crippen LogP contribution in [0.3, 0.4) is 0 Å². The van der Waals surface area contributed by atoms with Crippen molar-refractivity contribution < 1.29 is 47.9 Å². The van der Waals surface area contributed by atoms with E-state index in [4.69, 9.17) is 38.3 Å². The molecule has 11 nitrogen and oxygen atoms in total. The molecule has 0 saturated carbocycles. The van der Waals surface area contributed by atoms with Gasteiger partial charge in [0.2, 0.25) is 5.91 Å². The Morgan fingerprint density at radius 1 is 0.595 bits per heavy atom. The van der Waals surface area contributed by atoms with Crippen molar-refractivity contribution in [3.63, 3.8) is 0 Å². The van der Waals surface area contributed by atoms with E-state index < -0.39 is 5.97 Å². The van der Waals surface area contributed by atoms with Crippen LogP contribution >= 0.6 is 0 Å². The number of carbonyl (C=O) groups excluding carboxylic acids is 1. The fourth-order valence-electron chi connectivity index (χ4n) is 2.79. The summed E-state index contributed by atoms with van der Waals surface area (Å²) in [7, 11) is 0. The second-order valence-corrected chi connectivity index (χ2v) is 7.81. The molecule has 1 rings (SSSR count). The minimum Gasteiger partial charge on any atom is -0.481 e. The van der Waals surface area contributed by atoms with Gasteiger partial charge in [-0.15, -0.1) is 0 Å². The maximum atomic E-state index is 11.3. The lowest BCUT2D eigenvalue weighted by Crippen LogP contribution is -2.25. The van der Waals surface area contributed by atoms with Crippen molar-refractivity contribution in [2.75, 3.05) is 92.4 Å². The smallest absolute Gasteiger partial charge is 0.303 e. The van der Waals surface area contributed by atoms with Crippen molar-refractivity contribution in [2.24, 2.45) is 0 Å². The highest BCUT2D eigenvalue weighted by molar-refractivity contribution is 5.80. The summed E-state index contributed by atoms with van der Waals surface area (Å²) in [6, 6.07) is 10.0. The Hall–Kier alpha value is -2.12. The van der Waals surface area contributed by atoms with Gasteiger partial charge >= 0.3 is 5.97 Å². The minimum absolute atomic E-state index is 0.00399. The van der Waals surface area contributed by atoms with Crippen LogP contribution < -0.4 is 5.32 Å². The molecule has 0 aromatic heterocycles. The third-order valence-corrected chi connectivity index (χ3v) is 4.70. The Balaban J connectivity index is 1.66. The second kappa shape index (κ2) is 25.5. The van der Waals surface area contributed by atoms with Crippen LogP contribution in [-0.4, -0.2) is 109 Å². The molecule has 0 atom stereocenters. The first-order valence-electron chi connectivity index (χ1n) is 12.7. The molecule has 11 heteroatoms. The van der Waals surface area contributed by atoms with E-state index in [1.54, 1.807) is 0 Å². The molecule has 37 heavy (non-hydrogen) atoms. The standard InChI is InChI=1S/C26H43NO10/c28-25(7-8-26(29)30)27-9-4-10-31-11-12-32-13-14-33-15-16-34-17-18-35-19-20-36-21-22-37-23-24-5-2-1-3-6-24/h1-3,5-6H,4,7-23H2,(H,27,28)(H,29,30). The number of carboxylic acids is 1. The van der Waals surface area contributed by atoms with E-state index >= 15 is 0 Å². The van der Waals surface area contributed by atoms with Gasteiger partial charge in [0.15, 0.2) is 0 Å². The molecule has 0 fully saturated rings. The van der Waals surface area contributed by atoms with Gasteiger partial charge < -0.3 is 43.6 Å². The normalized spacial score (nSPS) is 11.0. The van der Waals surface area contributed by atoms with Crippen LogP contribution in [0.2, 0.25) is 0 Å². The summed E-state index contributed by atoms with van der Waals surface area (Å²) in [5.41, 5.74) is 1.15. The van der Waals surface area contributed by atoms with Crippen LogP contribution in [0, 0.1) is 0 Å². The molecule has 0 saturated heterocycles. The summed E-state index contributed by atoms with van der Waals surface area (Å²) in [5, 5.41) is 11.2. The topological polar surface area (TPSA) is 131 Å². The van der Waals surface area contributed by atoms with E-state index in [0.29, 0.717) is 105 Å². The van der Waals surface area contributed by atoms with Crippen LogP contribution in [0.15, 0.2) is 30.3 Å². The number of carboxylic acid groups (broad SMARTS) is 1. The zero-order valence-corrected chi connectivity index (χ0v) is 21.7. The second-order valence-electron chi connectivity index (χ2n) is 7.81. The average Bonchev–Trinajstić information content (AvgIpc) is 2.90. The summed E-state index contributed by atoms with van der Waals surface area (Å²) in [5.74, 6) is -1.24. The lowest BCUT2D eigenvalue weighted by Gasteiger charge is -2.09. The van der Waals surface area contributed by atoms with Gasteiger partial charge in [0.25, 0.3) is 0 Å². The Kier molecular flexibility index (Phi) is 22.7. The van der Waals surface area contributed by atoms with Crippen molar-refractivity contribution in [3.05, 3.63) is 35.9 Å². The van der Waals surface area contributed by atoms with Gasteiger partial charge in [-0.1, -0.05) is 30.3 Å². The van der Waals surface area contributed by atoms with E-state index in [9.17, 15) is 9.59 Å². The number of carbonyl (C=O) groups is 2. The molecular formula is C26H43NO10.